The molecule has 0 aliphatic heterocycles. The van der Waals surface area contributed by atoms with Crippen molar-refractivity contribution in [1.82, 2.24) is 15.2 Å². The molecule has 0 saturated heterocycles. The number of nitrogens with one attached hydrogen (secondary N) is 1. The Labute approximate surface area is 156 Å². The number of rotatable bonds is 5. The molecule has 0 bridgehead atoms. The highest BCUT2D eigenvalue weighted by molar-refractivity contribution is 7.99. The SMILES string of the molecule is Cc1cc(C)c2nc(NC(=O)CSc3nnc(-c4ccco4)o3)sc2c1. The summed E-state index contributed by atoms with van der Waals surface area (Å²) in [4.78, 5) is 16.7. The number of anilines is 1. The van der Waals surface area contributed by atoms with Crippen molar-refractivity contribution in [3.63, 3.8) is 0 Å². The van der Waals surface area contributed by atoms with E-state index in [9.17, 15) is 4.79 Å². The zero-order chi connectivity index (χ0) is 18.1. The Kier molecular flexibility index (Phi) is 4.48. The third-order valence-corrected chi connectivity index (χ3v) is 5.28. The number of thioether (sulfide) groups is 1. The van der Waals surface area contributed by atoms with E-state index in [4.69, 9.17) is 8.83 Å². The number of furan rings is 1. The summed E-state index contributed by atoms with van der Waals surface area (Å²) in [5.41, 5.74) is 3.20. The molecule has 4 rings (SSSR count). The molecule has 1 amide bonds. The summed E-state index contributed by atoms with van der Waals surface area (Å²) in [6.07, 6.45) is 1.53. The largest absolute Gasteiger partial charge is 0.459 e. The molecule has 26 heavy (non-hydrogen) atoms. The van der Waals surface area contributed by atoms with Crippen molar-refractivity contribution in [2.75, 3.05) is 11.1 Å². The second-order valence-corrected chi connectivity index (χ2v) is 7.59. The molecule has 0 aliphatic rings. The van der Waals surface area contributed by atoms with E-state index < -0.39 is 0 Å². The molecule has 1 N–H and O–H groups in total. The molecule has 3 heterocycles. The highest BCUT2D eigenvalue weighted by atomic mass is 32.2. The van der Waals surface area contributed by atoms with E-state index in [1.165, 1.54) is 23.2 Å². The van der Waals surface area contributed by atoms with Crippen molar-refractivity contribution >= 4 is 44.4 Å². The minimum atomic E-state index is -0.179. The van der Waals surface area contributed by atoms with Crippen LogP contribution in [0.3, 0.4) is 0 Å². The molecule has 0 unspecified atom stereocenters. The van der Waals surface area contributed by atoms with Gasteiger partial charge in [-0.1, -0.05) is 29.2 Å². The van der Waals surface area contributed by atoms with E-state index in [0.717, 1.165) is 27.5 Å². The van der Waals surface area contributed by atoms with E-state index in [1.54, 1.807) is 12.1 Å². The molecule has 4 aromatic rings. The van der Waals surface area contributed by atoms with Crippen molar-refractivity contribution < 1.29 is 13.6 Å². The van der Waals surface area contributed by atoms with Crippen LogP contribution in [0.5, 0.6) is 0 Å². The lowest BCUT2D eigenvalue weighted by Gasteiger charge is -1.98. The molecule has 0 aliphatic carbocycles. The highest BCUT2D eigenvalue weighted by Crippen LogP contribution is 2.29. The topological polar surface area (TPSA) is 94.1 Å². The summed E-state index contributed by atoms with van der Waals surface area (Å²) in [7, 11) is 0. The van der Waals surface area contributed by atoms with Crippen molar-refractivity contribution in [3.05, 3.63) is 41.7 Å². The molecule has 132 valence electrons. The van der Waals surface area contributed by atoms with Gasteiger partial charge in [0.15, 0.2) is 10.9 Å². The molecule has 7 nitrogen and oxygen atoms in total. The first kappa shape index (κ1) is 16.8. The van der Waals surface area contributed by atoms with Gasteiger partial charge < -0.3 is 14.2 Å². The number of thiazole rings is 1. The average Bonchev–Trinajstić information content (AvgIpc) is 3.32. The van der Waals surface area contributed by atoms with Crippen LogP contribution in [0.15, 0.2) is 44.6 Å². The van der Waals surface area contributed by atoms with Crippen molar-refractivity contribution in [2.45, 2.75) is 19.1 Å². The normalized spacial score (nSPS) is 11.2. The Morgan fingerprint density at radius 2 is 2.19 bits per heavy atom. The Bertz CT molecular complexity index is 1070. The van der Waals surface area contributed by atoms with Gasteiger partial charge in [0.2, 0.25) is 5.91 Å². The molecular weight excluding hydrogens is 372 g/mol. The van der Waals surface area contributed by atoms with Crippen LogP contribution in [0.25, 0.3) is 21.9 Å². The van der Waals surface area contributed by atoms with E-state index in [2.05, 4.69) is 32.6 Å². The zero-order valence-corrected chi connectivity index (χ0v) is 15.6. The van der Waals surface area contributed by atoms with Gasteiger partial charge in [-0.25, -0.2) is 4.98 Å². The van der Waals surface area contributed by atoms with Crippen LogP contribution in [-0.4, -0.2) is 26.8 Å². The smallest absolute Gasteiger partial charge is 0.284 e. The van der Waals surface area contributed by atoms with Gasteiger partial charge in [-0.15, -0.1) is 10.2 Å². The number of aromatic nitrogens is 3. The van der Waals surface area contributed by atoms with Crippen LogP contribution in [0.1, 0.15) is 11.1 Å². The third kappa shape index (κ3) is 3.49. The fourth-order valence-electron chi connectivity index (χ4n) is 2.47. The van der Waals surface area contributed by atoms with Gasteiger partial charge in [-0.3, -0.25) is 4.79 Å². The molecular formula is C17H14N4O3S2. The number of hydrogen-bond acceptors (Lipinski definition) is 8. The molecule has 0 fully saturated rings. The Morgan fingerprint density at radius 3 is 3.00 bits per heavy atom. The number of aryl methyl sites for hydroxylation is 2. The zero-order valence-electron chi connectivity index (χ0n) is 14.0. The van der Waals surface area contributed by atoms with Crippen LogP contribution in [0, 0.1) is 13.8 Å². The first-order valence-corrected chi connectivity index (χ1v) is 9.56. The lowest BCUT2D eigenvalue weighted by molar-refractivity contribution is -0.113. The molecule has 1 aromatic carbocycles. The summed E-state index contributed by atoms with van der Waals surface area (Å²) >= 11 is 2.62. The van der Waals surface area contributed by atoms with E-state index in [-0.39, 0.29) is 17.6 Å². The predicted molar refractivity (Wildman–Crippen MR) is 100 cm³/mol. The van der Waals surface area contributed by atoms with Gasteiger partial charge >= 0.3 is 0 Å². The maximum atomic E-state index is 12.2. The minimum Gasteiger partial charge on any atom is -0.459 e. The maximum Gasteiger partial charge on any atom is 0.284 e. The summed E-state index contributed by atoms with van der Waals surface area (Å²) < 4.78 is 11.7. The number of carbonyl (C=O) groups excluding carboxylic acids is 1. The highest BCUT2D eigenvalue weighted by Gasteiger charge is 2.14. The van der Waals surface area contributed by atoms with Crippen LogP contribution < -0.4 is 5.32 Å². The van der Waals surface area contributed by atoms with Crippen LogP contribution in [0.4, 0.5) is 5.13 Å². The van der Waals surface area contributed by atoms with Gasteiger partial charge in [0, 0.05) is 0 Å². The molecule has 9 heteroatoms. The summed E-state index contributed by atoms with van der Waals surface area (Å²) in [5.74, 6) is 0.748. The van der Waals surface area contributed by atoms with Crippen LogP contribution >= 0.6 is 23.1 Å². The average molecular weight is 386 g/mol. The standard InChI is InChI=1S/C17H14N4O3S2/c1-9-6-10(2)14-12(7-9)26-16(19-14)18-13(22)8-25-17-21-20-15(24-17)11-4-3-5-23-11/h3-7H,8H2,1-2H3,(H,18,19,22). The number of benzene rings is 1. The molecule has 0 spiro atoms. The van der Waals surface area contributed by atoms with Gasteiger partial charge in [-0.2, -0.15) is 0 Å². The fraction of sp³-hybridized carbons (Fsp3) is 0.176. The maximum absolute atomic E-state index is 12.2. The predicted octanol–water partition coefficient (Wildman–Crippen LogP) is 4.29. The van der Waals surface area contributed by atoms with Gasteiger partial charge in [-0.05, 0) is 43.2 Å². The second kappa shape index (κ2) is 6.93. The fourth-order valence-corrected chi connectivity index (χ4v) is 4.10. The monoisotopic (exact) mass is 386 g/mol. The number of nitrogens with zero attached hydrogens (tertiary/aromatic N) is 3. The van der Waals surface area contributed by atoms with Gasteiger partial charge in [0.05, 0.1) is 22.2 Å². The molecule has 0 atom stereocenters. The van der Waals surface area contributed by atoms with E-state index >= 15 is 0 Å². The first-order chi connectivity index (χ1) is 12.6. The van der Waals surface area contributed by atoms with Crippen LogP contribution in [0.2, 0.25) is 0 Å². The van der Waals surface area contributed by atoms with Gasteiger partial charge in [0.25, 0.3) is 11.1 Å². The third-order valence-electron chi connectivity index (χ3n) is 3.54. The Morgan fingerprint density at radius 1 is 1.31 bits per heavy atom. The summed E-state index contributed by atoms with van der Waals surface area (Å²) in [5, 5.41) is 11.5. The number of hydrogen-bond donors (Lipinski definition) is 1. The summed E-state index contributed by atoms with van der Waals surface area (Å²) in [6.45, 7) is 4.06. The number of carbonyl (C=O) groups is 1. The lowest BCUT2D eigenvalue weighted by Crippen LogP contribution is -2.13. The minimum absolute atomic E-state index is 0.147. The lowest BCUT2D eigenvalue weighted by atomic mass is 10.1. The van der Waals surface area contributed by atoms with E-state index in [0.29, 0.717) is 16.1 Å². The van der Waals surface area contributed by atoms with Crippen molar-refractivity contribution in [2.24, 2.45) is 0 Å². The molecule has 0 saturated carbocycles. The van der Waals surface area contributed by atoms with Gasteiger partial charge in [0.1, 0.15) is 0 Å². The Balaban J connectivity index is 1.39. The van der Waals surface area contributed by atoms with E-state index in [1.807, 2.05) is 13.8 Å². The number of amides is 1. The molecule has 0 radical (unpaired) electrons. The molecule has 3 aromatic heterocycles. The quantitative estimate of drug-likeness (QED) is 0.511. The second-order valence-electron chi connectivity index (χ2n) is 5.63. The van der Waals surface area contributed by atoms with Crippen LogP contribution in [-0.2, 0) is 4.79 Å². The number of fused-ring (bicyclic) bond motifs is 1. The Hall–Kier alpha value is -2.65. The van der Waals surface area contributed by atoms with Crippen molar-refractivity contribution in [1.29, 1.82) is 0 Å². The first-order valence-electron chi connectivity index (χ1n) is 7.76. The van der Waals surface area contributed by atoms with Crippen molar-refractivity contribution in [3.8, 4) is 11.7 Å². The summed E-state index contributed by atoms with van der Waals surface area (Å²) in [6, 6.07) is 7.61.